The zero-order valence-corrected chi connectivity index (χ0v) is 15.2. The van der Waals surface area contributed by atoms with E-state index in [1.54, 1.807) is 10.9 Å². The number of benzene rings is 1. The van der Waals surface area contributed by atoms with Gasteiger partial charge in [-0.15, -0.1) is 0 Å². The number of aromatic nitrogens is 3. The third-order valence-corrected chi connectivity index (χ3v) is 4.44. The van der Waals surface area contributed by atoms with Crippen LogP contribution in [0.1, 0.15) is 38.4 Å². The first-order chi connectivity index (χ1) is 12.5. The highest BCUT2D eigenvalue weighted by molar-refractivity contribution is 5.95. The molecule has 0 radical (unpaired) electrons. The van der Waals surface area contributed by atoms with Gasteiger partial charge in [0.2, 0.25) is 0 Å². The zero-order chi connectivity index (χ0) is 18.7. The Morgan fingerprint density at radius 2 is 1.92 bits per heavy atom. The average molecular weight is 350 g/mol. The van der Waals surface area contributed by atoms with Crippen molar-refractivity contribution in [3.05, 3.63) is 86.6 Å². The maximum absolute atomic E-state index is 12.5. The number of nitrogens with one attached hydrogen (secondary N) is 2. The molecule has 2 N–H and O–H groups in total. The molecule has 1 aromatic carbocycles. The van der Waals surface area contributed by atoms with Gasteiger partial charge in [-0.2, -0.15) is 5.10 Å². The number of hydrogen-bond donors (Lipinski definition) is 2. The van der Waals surface area contributed by atoms with Gasteiger partial charge in [0.15, 0.2) is 0 Å². The molecule has 26 heavy (non-hydrogen) atoms. The molecule has 3 aromatic rings. The van der Waals surface area contributed by atoms with Gasteiger partial charge >= 0.3 is 0 Å². The number of pyridine rings is 1. The number of nitrogens with zero attached hydrogens (tertiary/aromatic N) is 2. The van der Waals surface area contributed by atoms with E-state index in [4.69, 9.17) is 0 Å². The molecular weight excluding hydrogens is 328 g/mol. The van der Waals surface area contributed by atoms with E-state index in [0.29, 0.717) is 17.7 Å². The van der Waals surface area contributed by atoms with E-state index < -0.39 is 0 Å². The summed E-state index contributed by atoms with van der Waals surface area (Å²) in [6.07, 6.45) is 1.57. The molecule has 0 atom stereocenters. The first-order valence-corrected chi connectivity index (χ1v) is 8.49. The van der Waals surface area contributed by atoms with E-state index in [9.17, 15) is 9.59 Å². The van der Waals surface area contributed by atoms with Crippen LogP contribution in [0, 0.1) is 20.8 Å². The molecule has 0 aliphatic heterocycles. The lowest BCUT2D eigenvalue weighted by atomic mass is 10.1. The number of carbonyl (C=O) groups excluding carboxylic acids is 1. The van der Waals surface area contributed by atoms with Gasteiger partial charge in [-0.25, -0.2) is 0 Å². The molecule has 6 nitrogen and oxygen atoms in total. The minimum absolute atomic E-state index is 0.167. The topological polar surface area (TPSA) is 79.8 Å². The molecule has 0 aliphatic rings. The second-order valence-corrected chi connectivity index (χ2v) is 6.41. The predicted molar refractivity (Wildman–Crippen MR) is 100 cm³/mol. The van der Waals surface area contributed by atoms with Gasteiger partial charge in [-0.05, 0) is 38.0 Å². The maximum atomic E-state index is 12.5. The van der Waals surface area contributed by atoms with Crippen LogP contribution in [-0.2, 0) is 13.1 Å². The smallest absolute Gasteiger partial charge is 0.255 e. The summed E-state index contributed by atoms with van der Waals surface area (Å²) in [7, 11) is 0. The molecule has 0 fully saturated rings. The molecule has 0 saturated heterocycles. The van der Waals surface area contributed by atoms with Crippen molar-refractivity contribution < 1.29 is 4.79 Å². The second-order valence-electron chi connectivity index (χ2n) is 6.41. The zero-order valence-electron chi connectivity index (χ0n) is 15.2. The lowest BCUT2D eigenvalue weighted by Gasteiger charge is -2.09. The van der Waals surface area contributed by atoms with E-state index >= 15 is 0 Å². The average Bonchev–Trinajstić information content (AvgIpc) is 2.95. The molecule has 3 rings (SSSR count). The number of aryl methyl sites for hydroxylation is 2. The normalized spacial score (nSPS) is 10.7. The van der Waals surface area contributed by atoms with Crippen molar-refractivity contribution in [1.29, 1.82) is 0 Å². The van der Waals surface area contributed by atoms with Crippen molar-refractivity contribution in [2.45, 2.75) is 33.9 Å². The fourth-order valence-corrected chi connectivity index (χ4v) is 2.95. The maximum Gasteiger partial charge on any atom is 0.255 e. The Morgan fingerprint density at radius 3 is 2.62 bits per heavy atom. The molecule has 0 spiro atoms. The number of amides is 1. The van der Waals surface area contributed by atoms with Gasteiger partial charge in [-0.1, -0.05) is 30.3 Å². The second kappa shape index (κ2) is 7.39. The van der Waals surface area contributed by atoms with Crippen molar-refractivity contribution in [3.63, 3.8) is 0 Å². The lowest BCUT2D eigenvalue weighted by Crippen LogP contribution is -2.28. The van der Waals surface area contributed by atoms with Gasteiger partial charge in [0, 0.05) is 23.5 Å². The summed E-state index contributed by atoms with van der Waals surface area (Å²) in [6, 6.07) is 11.9. The minimum Gasteiger partial charge on any atom is -0.348 e. The molecule has 0 unspecified atom stereocenters. The number of rotatable bonds is 5. The van der Waals surface area contributed by atoms with Crippen molar-refractivity contribution >= 4 is 5.91 Å². The SMILES string of the molecule is Cc1cc(C)c(CNC(=O)c2cnn(Cc3ccccc3)c2C)c(=O)[nH]1. The van der Waals surface area contributed by atoms with Gasteiger partial charge in [0.25, 0.3) is 11.5 Å². The molecule has 1 amide bonds. The Morgan fingerprint density at radius 1 is 1.19 bits per heavy atom. The van der Waals surface area contributed by atoms with Crippen LogP contribution in [0.15, 0.2) is 47.4 Å². The Labute approximate surface area is 151 Å². The molecule has 6 heteroatoms. The van der Waals surface area contributed by atoms with Crippen molar-refractivity contribution in [2.24, 2.45) is 0 Å². The largest absolute Gasteiger partial charge is 0.348 e. The first kappa shape index (κ1) is 17.7. The van der Waals surface area contributed by atoms with Gasteiger partial charge in [0.05, 0.1) is 18.3 Å². The molecule has 2 aromatic heterocycles. The Bertz CT molecular complexity index is 987. The van der Waals surface area contributed by atoms with E-state index in [0.717, 1.165) is 22.5 Å². The van der Waals surface area contributed by atoms with E-state index in [1.807, 2.05) is 57.2 Å². The Balaban J connectivity index is 1.72. The third kappa shape index (κ3) is 3.74. The summed E-state index contributed by atoms with van der Waals surface area (Å²) < 4.78 is 1.80. The quantitative estimate of drug-likeness (QED) is 0.742. The van der Waals surface area contributed by atoms with E-state index in [1.165, 1.54) is 0 Å². The number of H-pyrrole nitrogens is 1. The first-order valence-electron chi connectivity index (χ1n) is 8.49. The van der Waals surface area contributed by atoms with E-state index in [-0.39, 0.29) is 18.0 Å². The number of carbonyl (C=O) groups is 1. The van der Waals surface area contributed by atoms with Crippen LogP contribution >= 0.6 is 0 Å². The van der Waals surface area contributed by atoms with Crippen molar-refractivity contribution in [3.8, 4) is 0 Å². The predicted octanol–water partition coefficient (Wildman–Crippen LogP) is 2.47. The highest BCUT2D eigenvalue weighted by Gasteiger charge is 2.15. The van der Waals surface area contributed by atoms with Gasteiger partial charge < -0.3 is 10.3 Å². The molecule has 2 heterocycles. The van der Waals surface area contributed by atoms with Crippen LogP contribution in [0.25, 0.3) is 0 Å². The van der Waals surface area contributed by atoms with Gasteiger partial charge in [-0.3, -0.25) is 14.3 Å². The highest BCUT2D eigenvalue weighted by Crippen LogP contribution is 2.11. The fourth-order valence-electron chi connectivity index (χ4n) is 2.95. The standard InChI is InChI=1S/C20H22N4O2/c1-13-9-14(2)23-20(26)17(13)10-21-19(25)18-11-22-24(15(18)3)12-16-7-5-4-6-8-16/h4-9,11H,10,12H2,1-3H3,(H,21,25)(H,23,26). The highest BCUT2D eigenvalue weighted by atomic mass is 16.2. The van der Waals surface area contributed by atoms with Crippen LogP contribution in [0.5, 0.6) is 0 Å². The van der Waals surface area contributed by atoms with Crippen LogP contribution in [-0.4, -0.2) is 20.7 Å². The van der Waals surface area contributed by atoms with E-state index in [2.05, 4.69) is 15.4 Å². The summed E-state index contributed by atoms with van der Waals surface area (Å²) in [5, 5.41) is 7.14. The minimum atomic E-state index is -0.235. The fraction of sp³-hybridized carbons (Fsp3) is 0.250. The van der Waals surface area contributed by atoms with Crippen molar-refractivity contribution in [1.82, 2.24) is 20.1 Å². The summed E-state index contributed by atoms with van der Waals surface area (Å²) in [5.41, 5.74) is 4.50. The molecule has 134 valence electrons. The molecule has 0 aliphatic carbocycles. The molecule has 0 bridgehead atoms. The summed E-state index contributed by atoms with van der Waals surface area (Å²) in [6.45, 7) is 6.36. The summed E-state index contributed by atoms with van der Waals surface area (Å²) in [5.74, 6) is -0.235. The van der Waals surface area contributed by atoms with Crippen LogP contribution in [0.3, 0.4) is 0 Å². The van der Waals surface area contributed by atoms with Crippen molar-refractivity contribution in [2.75, 3.05) is 0 Å². The van der Waals surface area contributed by atoms with Crippen LogP contribution < -0.4 is 10.9 Å². The Kier molecular flexibility index (Phi) is 5.02. The molecule has 0 saturated carbocycles. The monoisotopic (exact) mass is 350 g/mol. The Hall–Kier alpha value is -3.15. The lowest BCUT2D eigenvalue weighted by molar-refractivity contribution is 0.0950. The van der Waals surface area contributed by atoms with Gasteiger partial charge in [0.1, 0.15) is 0 Å². The van der Waals surface area contributed by atoms with Crippen LogP contribution in [0.4, 0.5) is 0 Å². The summed E-state index contributed by atoms with van der Waals surface area (Å²) in [4.78, 5) is 27.3. The number of hydrogen-bond acceptors (Lipinski definition) is 3. The number of aromatic amines is 1. The molecular formula is C20H22N4O2. The van der Waals surface area contributed by atoms with Crippen LogP contribution in [0.2, 0.25) is 0 Å². The third-order valence-electron chi connectivity index (χ3n) is 4.44. The summed E-state index contributed by atoms with van der Waals surface area (Å²) >= 11 is 0.